The molecule has 0 heterocycles. The van der Waals surface area contributed by atoms with E-state index in [9.17, 15) is 14.4 Å². The molecule has 3 N–H and O–H groups in total. The van der Waals surface area contributed by atoms with Gasteiger partial charge >= 0.3 is 5.97 Å². The number of para-hydroxylation sites is 1. The molecule has 0 spiro atoms. The molecule has 148 valence electrons. The van der Waals surface area contributed by atoms with Crippen LogP contribution in [0.25, 0.3) is 0 Å². The quantitative estimate of drug-likeness (QED) is 0.493. The van der Waals surface area contributed by atoms with Crippen molar-refractivity contribution >= 4 is 35.2 Å². The molecule has 0 bridgehead atoms. The van der Waals surface area contributed by atoms with Crippen molar-refractivity contribution in [1.29, 1.82) is 0 Å². The van der Waals surface area contributed by atoms with Gasteiger partial charge in [-0.3, -0.25) is 9.59 Å². The van der Waals surface area contributed by atoms with Gasteiger partial charge in [-0.15, -0.1) is 11.8 Å². The number of thioether (sulfide) groups is 1. The van der Waals surface area contributed by atoms with E-state index in [2.05, 4.69) is 5.32 Å². The number of esters is 1. The number of nitrogens with two attached hydrogens (primary N) is 1. The summed E-state index contributed by atoms with van der Waals surface area (Å²) in [7, 11) is 0. The van der Waals surface area contributed by atoms with Gasteiger partial charge in [-0.1, -0.05) is 24.3 Å². The number of nitrogens with one attached hydrogen (secondary N) is 1. The van der Waals surface area contributed by atoms with Crippen molar-refractivity contribution in [3.63, 3.8) is 0 Å². The molecule has 0 saturated carbocycles. The molecule has 0 aliphatic carbocycles. The van der Waals surface area contributed by atoms with Crippen LogP contribution in [0.3, 0.4) is 0 Å². The zero-order chi connectivity index (χ0) is 20.5. The highest BCUT2D eigenvalue weighted by Crippen LogP contribution is 2.26. The minimum Gasteiger partial charge on any atom is -0.479 e. The number of hydrogen-bond acceptors (Lipinski definition) is 6. The van der Waals surface area contributed by atoms with E-state index < -0.39 is 30.5 Å². The molecule has 28 heavy (non-hydrogen) atoms. The van der Waals surface area contributed by atoms with E-state index in [1.165, 1.54) is 11.8 Å². The van der Waals surface area contributed by atoms with Gasteiger partial charge in [-0.2, -0.15) is 0 Å². The molecular weight excluding hydrogens is 380 g/mol. The first kappa shape index (κ1) is 21.3. The lowest BCUT2D eigenvalue weighted by atomic mass is 10.2. The van der Waals surface area contributed by atoms with E-state index in [0.717, 1.165) is 5.56 Å². The zero-order valence-electron chi connectivity index (χ0n) is 15.6. The maximum absolute atomic E-state index is 12.1. The normalized spacial score (nSPS) is 11.4. The Morgan fingerprint density at radius 2 is 1.89 bits per heavy atom. The lowest BCUT2D eigenvalue weighted by Gasteiger charge is -2.15. The van der Waals surface area contributed by atoms with Crippen LogP contribution in [0.15, 0.2) is 53.4 Å². The largest absolute Gasteiger partial charge is 0.479 e. The zero-order valence-corrected chi connectivity index (χ0v) is 16.5. The Morgan fingerprint density at radius 1 is 1.14 bits per heavy atom. The summed E-state index contributed by atoms with van der Waals surface area (Å²) in [6.07, 6.45) is -0.854. The van der Waals surface area contributed by atoms with Crippen molar-refractivity contribution in [2.75, 3.05) is 17.7 Å². The van der Waals surface area contributed by atoms with Gasteiger partial charge in [0.05, 0.1) is 11.4 Å². The molecule has 0 saturated heterocycles. The molecule has 0 aliphatic heterocycles. The summed E-state index contributed by atoms with van der Waals surface area (Å²) < 4.78 is 10.5. The second kappa shape index (κ2) is 10.4. The Morgan fingerprint density at radius 3 is 2.61 bits per heavy atom. The molecule has 2 aromatic carbocycles. The first-order chi connectivity index (χ1) is 13.3. The fourth-order valence-electron chi connectivity index (χ4n) is 2.23. The van der Waals surface area contributed by atoms with Crippen LogP contribution in [0, 0.1) is 6.92 Å². The maximum atomic E-state index is 12.1. The SMILES string of the molecule is Cc1cccc(O[C@@H](C)C(=O)OCC(=O)Nc2ccccc2SCC(N)=O)c1. The number of benzene rings is 2. The highest BCUT2D eigenvalue weighted by atomic mass is 32.2. The smallest absolute Gasteiger partial charge is 0.347 e. The van der Waals surface area contributed by atoms with E-state index in [4.69, 9.17) is 15.2 Å². The molecule has 0 unspecified atom stereocenters. The predicted octanol–water partition coefficient (Wildman–Crippen LogP) is 2.52. The van der Waals surface area contributed by atoms with Crippen LogP contribution in [-0.2, 0) is 19.1 Å². The molecule has 2 amide bonds. The van der Waals surface area contributed by atoms with Gasteiger partial charge in [0, 0.05) is 4.90 Å². The third-order valence-corrected chi connectivity index (χ3v) is 4.61. The van der Waals surface area contributed by atoms with Gasteiger partial charge in [-0.05, 0) is 43.7 Å². The summed E-state index contributed by atoms with van der Waals surface area (Å²) >= 11 is 1.21. The van der Waals surface area contributed by atoms with Crippen molar-refractivity contribution in [2.24, 2.45) is 5.73 Å². The standard InChI is InChI=1S/C20H22N2O5S/c1-13-6-5-7-15(10-13)27-14(2)20(25)26-11-19(24)22-16-8-3-4-9-17(16)28-12-18(21)23/h3-10,14H,11-12H2,1-2H3,(H2,21,23)(H,22,24)/t14-/m0/s1. The monoisotopic (exact) mass is 402 g/mol. The van der Waals surface area contributed by atoms with Crippen molar-refractivity contribution in [3.05, 3.63) is 54.1 Å². The number of anilines is 1. The number of amides is 2. The first-order valence-corrected chi connectivity index (χ1v) is 9.53. The number of rotatable bonds is 9. The van der Waals surface area contributed by atoms with E-state index in [1.54, 1.807) is 43.3 Å². The summed E-state index contributed by atoms with van der Waals surface area (Å²) in [5, 5.41) is 2.66. The van der Waals surface area contributed by atoms with Crippen molar-refractivity contribution < 1.29 is 23.9 Å². The van der Waals surface area contributed by atoms with Gasteiger partial charge in [0.2, 0.25) is 5.91 Å². The second-order valence-electron chi connectivity index (χ2n) is 5.98. The topological polar surface area (TPSA) is 108 Å². The fourth-order valence-corrected chi connectivity index (χ4v) is 2.97. The Bertz CT molecular complexity index is 856. The van der Waals surface area contributed by atoms with Gasteiger partial charge in [0.1, 0.15) is 5.75 Å². The molecule has 0 fully saturated rings. The average Bonchev–Trinajstić information content (AvgIpc) is 2.65. The van der Waals surface area contributed by atoms with E-state index in [0.29, 0.717) is 16.3 Å². The third-order valence-electron chi connectivity index (χ3n) is 3.51. The van der Waals surface area contributed by atoms with E-state index in [-0.39, 0.29) is 5.75 Å². The van der Waals surface area contributed by atoms with Gasteiger partial charge in [0.15, 0.2) is 12.7 Å². The molecule has 0 aromatic heterocycles. The van der Waals surface area contributed by atoms with Crippen LogP contribution in [0.1, 0.15) is 12.5 Å². The summed E-state index contributed by atoms with van der Waals surface area (Å²) in [6.45, 7) is 3.02. The maximum Gasteiger partial charge on any atom is 0.347 e. The summed E-state index contributed by atoms with van der Waals surface area (Å²) in [6, 6.07) is 14.3. The summed E-state index contributed by atoms with van der Waals surface area (Å²) in [4.78, 5) is 35.8. The van der Waals surface area contributed by atoms with Gasteiger partial charge < -0.3 is 20.5 Å². The molecule has 2 aromatic rings. The van der Waals surface area contributed by atoms with Crippen LogP contribution in [0.2, 0.25) is 0 Å². The minimum absolute atomic E-state index is 0.0929. The van der Waals surface area contributed by atoms with Gasteiger partial charge in [-0.25, -0.2) is 4.79 Å². The molecule has 1 atom stereocenters. The molecule has 0 aliphatic rings. The Hall–Kier alpha value is -3.00. The molecule has 2 rings (SSSR count). The van der Waals surface area contributed by atoms with Crippen LogP contribution in [0.5, 0.6) is 5.75 Å². The first-order valence-electron chi connectivity index (χ1n) is 8.55. The number of ether oxygens (including phenoxy) is 2. The number of primary amides is 1. The Balaban J connectivity index is 1.85. The molecular formula is C20H22N2O5S. The number of carbonyl (C=O) groups excluding carboxylic acids is 3. The van der Waals surface area contributed by atoms with Crippen molar-refractivity contribution in [1.82, 2.24) is 0 Å². The van der Waals surface area contributed by atoms with Crippen LogP contribution in [-0.4, -0.2) is 36.2 Å². The van der Waals surface area contributed by atoms with Crippen molar-refractivity contribution in [3.8, 4) is 5.75 Å². The van der Waals surface area contributed by atoms with E-state index >= 15 is 0 Å². The van der Waals surface area contributed by atoms with Crippen LogP contribution < -0.4 is 15.8 Å². The van der Waals surface area contributed by atoms with E-state index in [1.807, 2.05) is 19.1 Å². The second-order valence-corrected chi connectivity index (χ2v) is 7.00. The highest BCUT2D eigenvalue weighted by Gasteiger charge is 2.18. The third kappa shape index (κ3) is 6.96. The Labute approximate surface area is 167 Å². The Kier molecular flexibility index (Phi) is 7.88. The average molecular weight is 402 g/mol. The molecule has 7 nitrogen and oxygen atoms in total. The summed E-state index contributed by atoms with van der Waals surface area (Å²) in [5.74, 6) is -0.955. The number of aryl methyl sites for hydroxylation is 1. The summed E-state index contributed by atoms with van der Waals surface area (Å²) in [5.41, 5.74) is 6.67. The number of hydrogen-bond donors (Lipinski definition) is 2. The van der Waals surface area contributed by atoms with Crippen LogP contribution in [0.4, 0.5) is 5.69 Å². The lowest BCUT2D eigenvalue weighted by Crippen LogP contribution is -2.29. The molecule has 0 radical (unpaired) electrons. The van der Waals surface area contributed by atoms with Crippen molar-refractivity contribution in [2.45, 2.75) is 24.8 Å². The number of carbonyl (C=O) groups is 3. The molecule has 8 heteroatoms. The minimum atomic E-state index is -0.854. The lowest BCUT2D eigenvalue weighted by molar-refractivity contribution is -0.153. The van der Waals surface area contributed by atoms with Crippen LogP contribution >= 0.6 is 11.8 Å². The fraction of sp³-hybridized carbons (Fsp3) is 0.250. The van der Waals surface area contributed by atoms with Gasteiger partial charge in [0.25, 0.3) is 5.91 Å². The predicted molar refractivity (Wildman–Crippen MR) is 107 cm³/mol. The highest BCUT2D eigenvalue weighted by molar-refractivity contribution is 8.00.